The maximum Gasteiger partial charge on any atom is 0.222 e. The maximum absolute atomic E-state index is 12.1. The van der Waals surface area contributed by atoms with Gasteiger partial charge in [-0.1, -0.05) is 0 Å². The Balaban J connectivity index is 1.36. The smallest absolute Gasteiger partial charge is 0.222 e. The van der Waals surface area contributed by atoms with Gasteiger partial charge in [0.15, 0.2) is 0 Å². The van der Waals surface area contributed by atoms with Crippen LogP contribution >= 0.6 is 0 Å². The van der Waals surface area contributed by atoms with Crippen molar-refractivity contribution < 1.29 is 4.79 Å². The van der Waals surface area contributed by atoms with Gasteiger partial charge in [0.2, 0.25) is 5.91 Å². The van der Waals surface area contributed by atoms with Gasteiger partial charge in [0.25, 0.3) is 0 Å². The van der Waals surface area contributed by atoms with E-state index in [0.717, 1.165) is 51.5 Å². The van der Waals surface area contributed by atoms with Crippen molar-refractivity contribution in [3.8, 4) is 0 Å². The molecule has 120 valence electrons. The molecule has 3 heterocycles. The van der Waals surface area contributed by atoms with Crippen LogP contribution in [0.3, 0.4) is 0 Å². The summed E-state index contributed by atoms with van der Waals surface area (Å²) >= 11 is 0. The first-order valence-electron chi connectivity index (χ1n) is 8.70. The summed E-state index contributed by atoms with van der Waals surface area (Å²) in [5, 5.41) is 0. The van der Waals surface area contributed by atoms with Crippen molar-refractivity contribution in [2.24, 2.45) is 5.92 Å². The fourth-order valence-corrected chi connectivity index (χ4v) is 3.63. The lowest BCUT2D eigenvalue weighted by molar-refractivity contribution is -0.130. The Morgan fingerprint density at radius 2 is 1.77 bits per heavy atom. The number of carbonyl (C=O) groups excluding carboxylic acids is 1. The van der Waals surface area contributed by atoms with Gasteiger partial charge in [-0.2, -0.15) is 0 Å². The van der Waals surface area contributed by atoms with Crippen LogP contribution in [0.15, 0.2) is 24.5 Å². The lowest BCUT2D eigenvalue weighted by atomic mass is 9.92. The summed E-state index contributed by atoms with van der Waals surface area (Å²) in [5.74, 6) is 1.12. The molecule has 0 radical (unpaired) electrons. The molecule has 2 aliphatic rings. The Bertz CT molecular complexity index is 462. The Labute approximate surface area is 133 Å². The third kappa shape index (κ3) is 4.29. The highest BCUT2D eigenvalue weighted by Crippen LogP contribution is 2.24. The van der Waals surface area contributed by atoms with Crippen LogP contribution in [0.4, 0.5) is 0 Å². The van der Waals surface area contributed by atoms with E-state index in [9.17, 15) is 4.79 Å². The Hall–Kier alpha value is -1.42. The van der Waals surface area contributed by atoms with E-state index in [0.29, 0.717) is 5.91 Å². The number of amides is 1. The SMILES string of the molecule is O=C(CCC1CCN(Cc2ccncc2)CC1)N1CCCC1. The van der Waals surface area contributed by atoms with Crippen LogP contribution < -0.4 is 0 Å². The van der Waals surface area contributed by atoms with Gasteiger partial charge in [0.05, 0.1) is 0 Å². The van der Waals surface area contributed by atoms with Gasteiger partial charge in [0, 0.05) is 38.4 Å². The molecule has 4 heteroatoms. The van der Waals surface area contributed by atoms with Crippen LogP contribution in [-0.4, -0.2) is 46.9 Å². The number of hydrogen-bond donors (Lipinski definition) is 0. The van der Waals surface area contributed by atoms with E-state index in [-0.39, 0.29) is 0 Å². The Morgan fingerprint density at radius 3 is 2.45 bits per heavy atom. The van der Waals surface area contributed by atoms with Gasteiger partial charge >= 0.3 is 0 Å². The molecule has 4 nitrogen and oxygen atoms in total. The molecule has 3 rings (SSSR count). The highest BCUT2D eigenvalue weighted by atomic mass is 16.2. The average Bonchev–Trinajstić information content (AvgIpc) is 3.09. The average molecular weight is 301 g/mol. The molecule has 22 heavy (non-hydrogen) atoms. The molecule has 0 unspecified atom stereocenters. The van der Waals surface area contributed by atoms with Crippen molar-refractivity contribution in [2.45, 2.75) is 45.1 Å². The maximum atomic E-state index is 12.1. The molecule has 1 aromatic rings. The first-order valence-corrected chi connectivity index (χ1v) is 8.70. The molecule has 0 aromatic carbocycles. The molecule has 0 saturated carbocycles. The molecule has 0 N–H and O–H groups in total. The number of piperidine rings is 1. The Morgan fingerprint density at radius 1 is 1.09 bits per heavy atom. The fourth-order valence-electron chi connectivity index (χ4n) is 3.63. The van der Waals surface area contributed by atoms with Gasteiger partial charge in [-0.25, -0.2) is 0 Å². The quantitative estimate of drug-likeness (QED) is 0.839. The zero-order chi connectivity index (χ0) is 15.2. The summed E-state index contributed by atoms with van der Waals surface area (Å²) in [5.41, 5.74) is 1.35. The summed E-state index contributed by atoms with van der Waals surface area (Å²) < 4.78 is 0. The van der Waals surface area contributed by atoms with Crippen LogP contribution in [0.2, 0.25) is 0 Å². The van der Waals surface area contributed by atoms with Crippen molar-refractivity contribution in [1.82, 2.24) is 14.8 Å². The van der Waals surface area contributed by atoms with Gasteiger partial charge in [-0.05, 0) is 68.8 Å². The van der Waals surface area contributed by atoms with Gasteiger partial charge < -0.3 is 4.90 Å². The standard InChI is InChI=1S/C18H27N3O/c22-18(21-11-1-2-12-21)4-3-16-7-13-20(14-8-16)15-17-5-9-19-10-6-17/h5-6,9-10,16H,1-4,7-8,11-15H2. The van der Waals surface area contributed by atoms with E-state index < -0.39 is 0 Å². The molecule has 2 saturated heterocycles. The van der Waals surface area contributed by atoms with Gasteiger partial charge in [-0.3, -0.25) is 14.7 Å². The largest absolute Gasteiger partial charge is 0.343 e. The van der Waals surface area contributed by atoms with Crippen molar-refractivity contribution in [1.29, 1.82) is 0 Å². The van der Waals surface area contributed by atoms with E-state index >= 15 is 0 Å². The summed E-state index contributed by atoms with van der Waals surface area (Å²) in [7, 11) is 0. The number of likely N-dealkylation sites (tertiary alicyclic amines) is 2. The van der Waals surface area contributed by atoms with E-state index in [1.165, 1.54) is 31.2 Å². The fraction of sp³-hybridized carbons (Fsp3) is 0.667. The van der Waals surface area contributed by atoms with Gasteiger partial charge in [-0.15, -0.1) is 0 Å². The number of rotatable bonds is 5. The van der Waals surface area contributed by atoms with Crippen LogP contribution in [-0.2, 0) is 11.3 Å². The van der Waals surface area contributed by atoms with E-state index in [4.69, 9.17) is 0 Å². The summed E-state index contributed by atoms with van der Waals surface area (Å²) in [6.07, 6.45) is 10.4. The third-order valence-corrected chi connectivity index (χ3v) is 5.09. The Kier molecular flexibility index (Phi) is 5.43. The van der Waals surface area contributed by atoms with E-state index in [2.05, 4.69) is 26.9 Å². The number of pyridine rings is 1. The summed E-state index contributed by atoms with van der Waals surface area (Å²) in [6, 6.07) is 4.20. The summed E-state index contributed by atoms with van der Waals surface area (Å²) in [4.78, 5) is 20.7. The predicted molar refractivity (Wildman–Crippen MR) is 87.3 cm³/mol. The molecule has 2 fully saturated rings. The van der Waals surface area contributed by atoms with Crippen LogP contribution in [0.1, 0.15) is 44.1 Å². The molecule has 1 aromatic heterocycles. The molecule has 0 spiro atoms. The second-order valence-corrected chi connectivity index (χ2v) is 6.70. The molecule has 0 aliphatic carbocycles. The second kappa shape index (κ2) is 7.73. The van der Waals surface area contributed by atoms with Crippen molar-refractivity contribution in [2.75, 3.05) is 26.2 Å². The zero-order valence-corrected chi connectivity index (χ0v) is 13.4. The number of aromatic nitrogens is 1. The highest BCUT2D eigenvalue weighted by Gasteiger charge is 2.22. The van der Waals surface area contributed by atoms with Crippen molar-refractivity contribution >= 4 is 5.91 Å². The van der Waals surface area contributed by atoms with Crippen molar-refractivity contribution in [3.05, 3.63) is 30.1 Å². The minimum absolute atomic E-state index is 0.386. The molecule has 2 aliphatic heterocycles. The normalized spacial score (nSPS) is 20.5. The van der Waals surface area contributed by atoms with E-state index in [1.807, 2.05) is 12.4 Å². The lowest BCUT2D eigenvalue weighted by Crippen LogP contribution is -2.34. The highest BCUT2D eigenvalue weighted by molar-refractivity contribution is 5.76. The van der Waals surface area contributed by atoms with Crippen LogP contribution in [0.5, 0.6) is 0 Å². The molecular formula is C18H27N3O. The number of hydrogen-bond acceptors (Lipinski definition) is 3. The topological polar surface area (TPSA) is 36.4 Å². The molecular weight excluding hydrogens is 274 g/mol. The van der Waals surface area contributed by atoms with Gasteiger partial charge in [0.1, 0.15) is 0 Å². The zero-order valence-electron chi connectivity index (χ0n) is 13.4. The minimum atomic E-state index is 0.386. The molecule has 0 bridgehead atoms. The third-order valence-electron chi connectivity index (χ3n) is 5.09. The van der Waals surface area contributed by atoms with Crippen molar-refractivity contribution in [3.63, 3.8) is 0 Å². The molecule has 1 amide bonds. The lowest BCUT2D eigenvalue weighted by Gasteiger charge is -2.32. The van der Waals surface area contributed by atoms with Crippen LogP contribution in [0.25, 0.3) is 0 Å². The van der Waals surface area contributed by atoms with E-state index in [1.54, 1.807) is 0 Å². The monoisotopic (exact) mass is 301 g/mol. The minimum Gasteiger partial charge on any atom is -0.343 e. The number of carbonyl (C=O) groups is 1. The molecule has 0 atom stereocenters. The van der Waals surface area contributed by atoms with Crippen LogP contribution in [0, 0.1) is 5.92 Å². The number of nitrogens with zero attached hydrogens (tertiary/aromatic N) is 3. The summed E-state index contributed by atoms with van der Waals surface area (Å²) in [6.45, 7) is 5.32. The first-order chi connectivity index (χ1) is 10.8. The predicted octanol–water partition coefficient (Wildman–Crippen LogP) is 2.70. The first kappa shape index (κ1) is 15.5. The second-order valence-electron chi connectivity index (χ2n) is 6.70.